The average molecular weight is 186 g/mol. The van der Waals surface area contributed by atoms with Gasteiger partial charge in [-0.3, -0.25) is 0 Å². The Morgan fingerprint density at radius 3 is 2.08 bits per heavy atom. The van der Waals surface area contributed by atoms with Crippen molar-refractivity contribution in [1.29, 1.82) is 0 Å². The van der Waals surface area contributed by atoms with Gasteiger partial charge in [0, 0.05) is 7.11 Å². The van der Waals surface area contributed by atoms with Crippen LogP contribution >= 0.6 is 0 Å². The molecule has 0 aromatic carbocycles. The molecular formula is C10H22OSi. The monoisotopic (exact) mass is 186 g/mol. The van der Waals surface area contributed by atoms with Crippen LogP contribution in [0.5, 0.6) is 0 Å². The van der Waals surface area contributed by atoms with E-state index in [9.17, 15) is 0 Å². The molecule has 12 heavy (non-hydrogen) atoms. The third-order valence-corrected chi connectivity index (χ3v) is 6.00. The molecule has 1 aliphatic rings. The molecule has 0 aromatic rings. The fourth-order valence-corrected chi connectivity index (χ4v) is 4.86. The van der Waals surface area contributed by atoms with E-state index >= 15 is 0 Å². The number of hydrogen-bond donors (Lipinski definition) is 0. The van der Waals surface area contributed by atoms with Crippen molar-refractivity contribution in [3.63, 3.8) is 0 Å². The van der Waals surface area contributed by atoms with Gasteiger partial charge < -0.3 is 4.74 Å². The summed E-state index contributed by atoms with van der Waals surface area (Å²) in [6.07, 6.45) is 6.08. The molecule has 1 rings (SSSR count). The van der Waals surface area contributed by atoms with Crippen LogP contribution < -0.4 is 0 Å². The highest BCUT2D eigenvalue weighted by Gasteiger charge is 2.35. The summed E-state index contributed by atoms with van der Waals surface area (Å²) in [5.74, 6) is 0. The van der Waals surface area contributed by atoms with Crippen molar-refractivity contribution in [2.45, 2.75) is 57.0 Å². The summed E-state index contributed by atoms with van der Waals surface area (Å²) < 4.78 is 5.56. The first-order valence-electron chi connectivity index (χ1n) is 5.08. The van der Waals surface area contributed by atoms with E-state index in [-0.39, 0.29) is 0 Å². The Labute approximate surface area is 77.5 Å². The molecule has 0 spiro atoms. The largest absolute Gasteiger partial charge is 0.381 e. The van der Waals surface area contributed by atoms with Crippen molar-refractivity contribution in [1.82, 2.24) is 0 Å². The Bertz CT molecular complexity index is 139. The maximum atomic E-state index is 5.56. The van der Waals surface area contributed by atoms with Gasteiger partial charge in [-0.2, -0.15) is 0 Å². The molecule has 1 aliphatic carbocycles. The average Bonchev–Trinajstić information content (AvgIpc) is 2.03. The van der Waals surface area contributed by atoms with E-state index in [1.165, 1.54) is 25.7 Å². The fourth-order valence-electron chi connectivity index (χ4n) is 2.37. The van der Waals surface area contributed by atoms with Crippen molar-refractivity contribution >= 4 is 8.07 Å². The zero-order valence-corrected chi connectivity index (χ0v) is 9.89. The third kappa shape index (κ3) is 2.33. The minimum atomic E-state index is -0.965. The highest BCUT2D eigenvalue weighted by atomic mass is 28.3. The molecule has 0 aliphatic heterocycles. The van der Waals surface area contributed by atoms with Crippen LogP contribution in [-0.2, 0) is 4.74 Å². The van der Waals surface area contributed by atoms with Crippen molar-refractivity contribution < 1.29 is 4.74 Å². The molecule has 0 N–H and O–H groups in total. The normalized spacial score (nSPS) is 32.0. The second kappa shape index (κ2) is 3.92. The van der Waals surface area contributed by atoms with Gasteiger partial charge in [0.2, 0.25) is 0 Å². The van der Waals surface area contributed by atoms with E-state index in [4.69, 9.17) is 4.74 Å². The lowest BCUT2D eigenvalue weighted by molar-refractivity contribution is 0.0690. The van der Waals surface area contributed by atoms with Gasteiger partial charge in [0.1, 0.15) is 0 Å². The van der Waals surface area contributed by atoms with Crippen molar-refractivity contribution in [3.8, 4) is 0 Å². The summed E-state index contributed by atoms with van der Waals surface area (Å²) in [5.41, 5.74) is 0.899. The topological polar surface area (TPSA) is 9.23 Å². The van der Waals surface area contributed by atoms with Crippen LogP contribution in [0.15, 0.2) is 0 Å². The van der Waals surface area contributed by atoms with Gasteiger partial charge in [-0.25, -0.2) is 0 Å². The minimum Gasteiger partial charge on any atom is -0.381 e. The van der Waals surface area contributed by atoms with E-state index in [0.717, 1.165) is 5.54 Å². The van der Waals surface area contributed by atoms with Crippen LogP contribution in [0.4, 0.5) is 0 Å². The quantitative estimate of drug-likeness (QED) is 0.601. The molecule has 2 heteroatoms. The van der Waals surface area contributed by atoms with E-state index in [1.54, 1.807) is 0 Å². The summed E-state index contributed by atoms with van der Waals surface area (Å²) in [6, 6.07) is 0. The summed E-state index contributed by atoms with van der Waals surface area (Å²) in [7, 11) is 0.913. The Hall–Kier alpha value is 0.177. The van der Waals surface area contributed by atoms with Crippen LogP contribution in [0, 0.1) is 0 Å². The molecule has 0 heterocycles. The second-order valence-electron chi connectivity index (χ2n) is 5.03. The van der Waals surface area contributed by atoms with Crippen LogP contribution in [0.1, 0.15) is 25.7 Å². The molecular weight excluding hydrogens is 164 g/mol. The second-order valence-corrected chi connectivity index (χ2v) is 10.5. The standard InChI is InChI=1S/C10H22OSi/c1-11-9-7-5-6-8-10(9)12(2,3)4/h9-10H,5-8H2,1-4H3/t9-,10+/m1/s1. The van der Waals surface area contributed by atoms with Crippen LogP contribution in [0.2, 0.25) is 25.2 Å². The molecule has 0 aromatic heterocycles. The molecule has 1 fully saturated rings. The zero-order valence-electron chi connectivity index (χ0n) is 8.89. The maximum absolute atomic E-state index is 5.56. The minimum absolute atomic E-state index is 0.574. The third-order valence-electron chi connectivity index (χ3n) is 3.12. The highest BCUT2D eigenvalue weighted by Crippen LogP contribution is 2.38. The van der Waals surface area contributed by atoms with Crippen molar-refractivity contribution in [3.05, 3.63) is 0 Å². The van der Waals surface area contributed by atoms with E-state index in [2.05, 4.69) is 19.6 Å². The van der Waals surface area contributed by atoms with Gasteiger partial charge in [0.15, 0.2) is 0 Å². The molecule has 0 bridgehead atoms. The van der Waals surface area contributed by atoms with E-state index < -0.39 is 8.07 Å². The maximum Gasteiger partial charge on any atom is 0.0575 e. The molecule has 1 nitrogen and oxygen atoms in total. The Balaban J connectivity index is 2.59. The first-order chi connectivity index (χ1) is 5.55. The summed E-state index contributed by atoms with van der Waals surface area (Å²) >= 11 is 0. The zero-order chi connectivity index (χ0) is 9.19. The van der Waals surface area contributed by atoms with Crippen molar-refractivity contribution in [2.75, 3.05) is 7.11 Å². The summed E-state index contributed by atoms with van der Waals surface area (Å²) in [6.45, 7) is 7.40. The smallest absolute Gasteiger partial charge is 0.0575 e. The Morgan fingerprint density at radius 1 is 1.08 bits per heavy atom. The van der Waals surface area contributed by atoms with E-state index in [1.807, 2.05) is 7.11 Å². The lowest BCUT2D eigenvalue weighted by Crippen LogP contribution is -2.39. The summed E-state index contributed by atoms with van der Waals surface area (Å²) in [4.78, 5) is 0. The lowest BCUT2D eigenvalue weighted by atomic mass is 9.97. The molecule has 2 atom stereocenters. The first-order valence-corrected chi connectivity index (χ1v) is 8.66. The molecule has 1 saturated carbocycles. The van der Waals surface area contributed by atoms with Crippen molar-refractivity contribution in [2.24, 2.45) is 0 Å². The number of rotatable bonds is 2. The van der Waals surface area contributed by atoms with Crippen LogP contribution in [0.25, 0.3) is 0 Å². The van der Waals surface area contributed by atoms with Gasteiger partial charge in [-0.05, 0) is 12.0 Å². The SMILES string of the molecule is CO[C@@H]1CCCC[C@@H]1[Si](C)(C)C. The number of hydrogen-bond acceptors (Lipinski definition) is 1. The van der Waals surface area contributed by atoms with Crippen LogP contribution in [-0.4, -0.2) is 21.3 Å². The van der Waals surface area contributed by atoms with E-state index in [0.29, 0.717) is 6.10 Å². The first kappa shape index (κ1) is 10.3. The lowest BCUT2D eigenvalue weighted by Gasteiger charge is -2.38. The Kier molecular flexibility index (Phi) is 3.35. The molecule has 0 saturated heterocycles. The van der Waals surface area contributed by atoms with Gasteiger partial charge in [0.25, 0.3) is 0 Å². The molecule has 0 amide bonds. The highest BCUT2D eigenvalue weighted by molar-refractivity contribution is 6.77. The predicted molar refractivity (Wildman–Crippen MR) is 56.4 cm³/mol. The molecule has 72 valence electrons. The predicted octanol–water partition coefficient (Wildman–Crippen LogP) is 3.28. The molecule has 0 unspecified atom stereocenters. The van der Waals surface area contributed by atoms with Gasteiger partial charge in [-0.15, -0.1) is 0 Å². The number of methoxy groups -OCH3 is 1. The summed E-state index contributed by atoms with van der Waals surface area (Å²) in [5, 5.41) is 0. The Morgan fingerprint density at radius 2 is 1.67 bits per heavy atom. The van der Waals surface area contributed by atoms with Gasteiger partial charge >= 0.3 is 0 Å². The molecule has 0 radical (unpaired) electrons. The fraction of sp³-hybridized carbons (Fsp3) is 1.00. The van der Waals surface area contributed by atoms with Gasteiger partial charge in [0.05, 0.1) is 14.2 Å². The van der Waals surface area contributed by atoms with Gasteiger partial charge in [-0.1, -0.05) is 38.9 Å². The van der Waals surface area contributed by atoms with Crippen LogP contribution in [0.3, 0.4) is 0 Å². The number of ether oxygens (including phenoxy) is 1.